The fourth-order valence-electron chi connectivity index (χ4n) is 1.39. The van der Waals surface area contributed by atoms with Gasteiger partial charge in [-0.1, -0.05) is 0 Å². The average molecular weight is 248 g/mol. The third kappa shape index (κ3) is 2.63. The standard InChI is InChI=1S/C13H12O5/c1-2-16-11-6-5-9(8-10(11)14)18-13(15)12-4-3-7-17-12/h3-8,14H,2H2,1H3. The molecule has 0 aliphatic rings. The van der Waals surface area contributed by atoms with E-state index in [1.165, 1.54) is 30.5 Å². The SMILES string of the molecule is CCOc1ccc(OC(=O)c2ccco2)cc1O. The predicted octanol–water partition coefficient (Wildman–Crippen LogP) is 2.60. The van der Waals surface area contributed by atoms with Crippen LogP contribution >= 0.6 is 0 Å². The van der Waals surface area contributed by atoms with Crippen LogP contribution in [-0.4, -0.2) is 17.7 Å². The minimum atomic E-state index is -0.622. The van der Waals surface area contributed by atoms with Crippen molar-refractivity contribution in [3.63, 3.8) is 0 Å². The van der Waals surface area contributed by atoms with Gasteiger partial charge < -0.3 is 19.0 Å². The Hall–Kier alpha value is -2.43. The summed E-state index contributed by atoms with van der Waals surface area (Å²) in [6, 6.07) is 7.46. The summed E-state index contributed by atoms with van der Waals surface area (Å²) in [5.41, 5.74) is 0. The van der Waals surface area contributed by atoms with E-state index in [1.54, 1.807) is 6.07 Å². The molecule has 0 aliphatic carbocycles. The van der Waals surface area contributed by atoms with Gasteiger partial charge in [0.05, 0.1) is 12.9 Å². The Balaban J connectivity index is 2.11. The molecule has 1 heterocycles. The molecule has 94 valence electrons. The van der Waals surface area contributed by atoms with E-state index < -0.39 is 5.97 Å². The van der Waals surface area contributed by atoms with Gasteiger partial charge in [-0.05, 0) is 31.2 Å². The molecule has 0 radical (unpaired) electrons. The number of rotatable bonds is 4. The summed E-state index contributed by atoms with van der Waals surface area (Å²) in [5.74, 6) is -0.0406. The molecule has 2 aromatic rings. The molecule has 0 unspecified atom stereocenters. The number of phenolic OH excluding ortho intramolecular Hbond substituents is 1. The summed E-state index contributed by atoms with van der Waals surface area (Å²) in [7, 11) is 0. The van der Waals surface area contributed by atoms with E-state index in [4.69, 9.17) is 13.9 Å². The van der Waals surface area contributed by atoms with Gasteiger partial charge in [-0.2, -0.15) is 0 Å². The summed E-state index contributed by atoms with van der Waals surface area (Å²) in [4.78, 5) is 11.6. The van der Waals surface area contributed by atoms with Crippen molar-refractivity contribution in [3.05, 3.63) is 42.4 Å². The van der Waals surface area contributed by atoms with Crippen LogP contribution in [-0.2, 0) is 0 Å². The summed E-state index contributed by atoms with van der Waals surface area (Å²) in [6.07, 6.45) is 1.38. The minimum Gasteiger partial charge on any atom is -0.504 e. The van der Waals surface area contributed by atoms with Gasteiger partial charge in [0.25, 0.3) is 0 Å². The van der Waals surface area contributed by atoms with Crippen molar-refractivity contribution >= 4 is 5.97 Å². The molecule has 1 aromatic carbocycles. The van der Waals surface area contributed by atoms with Crippen LogP contribution in [0, 0.1) is 0 Å². The number of aromatic hydroxyl groups is 1. The predicted molar refractivity (Wildman–Crippen MR) is 62.9 cm³/mol. The topological polar surface area (TPSA) is 68.9 Å². The molecule has 0 amide bonds. The van der Waals surface area contributed by atoms with E-state index in [0.29, 0.717) is 12.4 Å². The Kier molecular flexibility index (Phi) is 3.52. The highest BCUT2D eigenvalue weighted by Crippen LogP contribution is 2.30. The molecule has 5 heteroatoms. The fraction of sp³-hybridized carbons (Fsp3) is 0.154. The van der Waals surface area contributed by atoms with Crippen molar-refractivity contribution in [2.75, 3.05) is 6.61 Å². The number of esters is 1. The molecule has 5 nitrogen and oxygen atoms in total. The second-order valence-electron chi connectivity index (χ2n) is 3.43. The maximum Gasteiger partial charge on any atom is 0.379 e. The van der Waals surface area contributed by atoms with E-state index >= 15 is 0 Å². The van der Waals surface area contributed by atoms with E-state index in [1.807, 2.05) is 6.92 Å². The molecule has 2 rings (SSSR count). The van der Waals surface area contributed by atoms with Crippen LogP contribution in [0.5, 0.6) is 17.2 Å². The Morgan fingerprint density at radius 3 is 2.83 bits per heavy atom. The van der Waals surface area contributed by atoms with Crippen LogP contribution in [0.25, 0.3) is 0 Å². The van der Waals surface area contributed by atoms with Crippen molar-refractivity contribution in [2.45, 2.75) is 6.92 Å². The number of ether oxygens (including phenoxy) is 2. The number of furan rings is 1. The molecular formula is C13H12O5. The smallest absolute Gasteiger partial charge is 0.379 e. The third-order valence-corrected chi connectivity index (χ3v) is 2.16. The number of carbonyl (C=O) groups is 1. The molecule has 0 aliphatic heterocycles. The summed E-state index contributed by atoms with van der Waals surface area (Å²) in [6.45, 7) is 2.25. The number of phenols is 1. The van der Waals surface area contributed by atoms with Crippen molar-refractivity contribution in [1.29, 1.82) is 0 Å². The van der Waals surface area contributed by atoms with Crippen LogP contribution in [0.1, 0.15) is 17.5 Å². The van der Waals surface area contributed by atoms with E-state index in [2.05, 4.69) is 0 Å². The number of hydrogen-bond donors (Lipinski definition) is 1. The zero-order chi connectivity index (χ0) is 13.0. The first kappa shape index (κ1) is 12.0. The van der Waals surface area contributed by atoms with Crippen molar-refractivity contribution < 1.29 is 23.8 Å². The number of benzene rings is 1. The lowest BCUT2D eigenvalue weighted by Gasteiger charge is -2.07. The van der Waals surface area contributed by atoms with Gasteiger partial charge in [0, 0.05) is 6.07 Å². The maximum absolute atomic E-state index is 11.6. The third-order valence-electron chi connectivity index (χ3n) is 2.16. The summed E-state index contributed by atoms with van der Waals surface area (Å²) < 4.78 is 15.1. The van der Waals surface area contributed by atoms with E-state index in [-0.39, 0.29) is 17.3 Å². The van der Waals surface area contributed by atoms with Gasteiger partial charge in [-0.3, -0.25) is 0 Å². The highest BCUT2D eigenvalue weighted by molar-refractivity contribution is 5.88. The zero-order valence-electron chi connectivity index (χ0n) is 9.75. The first-order valence-corrected chi connectivity index (χ1v) is 5.42. The zero-order valence-corrected chi connectivity index (χ0v) is 9.75. The molecule has 1 N–H and O–H groups in total. The lowest BCUT2D eigenvalue weighted by atomic mass is 10.3. The first-order valence-electron chi connectivity index (χ1n) is 5.42. The van der Waals surface area contributed by atoms with Gasteiger partial charge in [-0.15, -0.1) is 0 Å². The molecule has 0 saturated heterocycles. The van der Waals surface area contributed by atoms with Crippen LogP contribution in [0.15, 0.2) is 41.0 Å². The lowest BCUT2D eigenvalue weighted by molar-refractivity contribution is 0.0701. The Labute approximate surface area is 104 Å². The van der Waals surface area contributed by atoms with Gasteiger partial charge >= 0.3 is 5.97 Å². The van der Waals surface area contributed by atoms with Gasteiger partial charge in [0.1, 0.15) is 5.75 Å². The minimum absolute atomic E-state index is 0.0819. The van der Waals surface area contributed by atoms with Gasteiger partial charge in [0.15, 0.2) is 11.5 Å². The lowest BCUT2D eigenvalue weighted by Crippen LogP contribution is -2.07. The van der Waals surface area contributed by atoms with Crippen LogP contribution in [0.4, 0.5) is 0 Å². The first-order chi connectivity index (χ1) is 8.70. The quantitative estimate of drug-likeness (QED) is 0.665. The molecule has 0 fully saturated rings. The van der Waals surface area contributed by atoms with E-state index in [0.717, 1.165) is 0 Å². The Bertz CT molecular complexity index is 530. The Morgan fingerprint density at radius 2 is 2.22 bits per heavy atom. The average Bonchev–Trinajstić information content (AvgIpc) is 2.86. The van der Waals surface area contributed by atoms with Gasteiger partial charge in [-0.25, -0.2) is 4.79 Å². The van der Waals surface area contributed by atoms with Crippen molar-refractivity contribution in [1.82, 2.24) is 0 Å². The number of carbonyl (C=O) groups excluding carboxylic acids is 1. The van der Waals surface area contributed by atoms with Crippen LogP contribution in [0.3, 0.4) is 0 Å². The van der Waals surface area contributed by atoms with Gasteiger partial charge in [0.2, 0.25) is 5.76 Å². The molecule has 0 bridgehead atoms. The molecule has 0 atom stereocenters. The maximum atomic E-state index is 11.6. The second kappa shape index (κ2) is 5.27. The molecule has 0 saturated carbocycles. The summed E-state index contributed by atoms with van der Waals surface area (Å²) in [5, 5.41) is 9.63. The van der Waals surface area contributed by atoms with Crippen LogP contribution < -0.4 is 9.47 Å². The molecular weight excluding hydrogens is 236 g/mol. The largest absolute Gasteiger partial charge is 0.504 e. The van der Waals surface area contributed by atoms with Crippen molar-refractivity contribution in [3.8, 4) is 17.2 Å². The number of hydrogen-bond acceptors (Lipinski definition) is 5. The van der Waals surface area contributed by atoms with Crippen molar-refractivity contribution in [2.24, 2.45) is 0 Å². The van der Waals surface area contributed by atoms with E-state index in [9.17, 15) is 9.90 Å². The highest BCUT2D eigenvalue weighted by atomic mass is 16.5. The normalized spacial score (nSPS) is 10.1. The highest BCUT2D eigenvalue weighted by Gasteiger charge is 2.12. The molecule has 1 aromatic heterocycles. The summed E-state index contributed by atoms with van der Waals surface area (Å²) >= 11 is 0. The molecule has 0 spiro atoms. The van der Waals surface area contributed by atoms with Crippen LogP contribution in [0.2, 0.25) is 0 Å². The second-order valence-corrected chi connectivity index (χ2v) is 3.43. The monoisotopic (exact) mass is 248 g/mol. The Morgan fingerprint density at radius 1 is 1.39 bits per heavy atom. The fourth-order valence-corrected chi connectivity index (χ4v) is 1.39. The molecule has 18 heavy (non-hydrogen) atoms.